The number of nitrogens with zero attached hydrogens (tertiary/aromatic N) is 1. The highest BCUT2D eigenvalue weighted by atomic mass is 35.5. The fourth-order valence-electron chi connectivity index (χ4n) is 2.79. The Morgan fingerprint density at radius 1 is 0.565 bits per heavy atom. The number of hydrogen-bond acceptors (Lipinski definition) is 0. The number of likely N-dealkylation sites (N-methyl/N-ethyl adjacent to an activating group) is 1. The van der Waals surface area contributed by atoms with Gasteiger partial charge in [0.1, 0.15) is 0 Å². The molecule has 0 unspecified atom stereocenters. The minimum absolute atomic E-state index is 0. The number of halogens is 1. The molecule has 0 atom stereocenters. The van der Waals surface area contributed by atoms with E-state index in [0.717, 1.165) is 11.0 Å². The number of rotatable bonds is 16. The summed E-state index contributed by atoms with van der Waals surface area (Å²) in [5.41, 5.74) is 0. The molecule has 0 aliphatic heterocycles. The van der Waals surface area contributed by atoms with Gasteiger partial charge in [-0.15, -0.1) is 0 Å². The number of unbranched alkanes of at least 4 members (excludes halogenated alkanes) is 13. The highest BCUT2D eigenvalue weighted by Gasteiger charge is 2.01. The third-order valence-corrected chi connectivity index (χ3v) is 4.29. The molecule has 23 heavy (non-hydrogen) atoms. The van der Waals surface area contributed by atoms with E-state index in [1.807, 2.05) is 0 Å². The van der Waals surface area contributed by atoms with E-state index in [1.54, 1.807) is 0 Å². The van der Waals surface area contributed by atoms with Crippen molar-refractivity contribution in [3.63, 3.8) is 0 Å². The van der Waals surface area contributed by atoms with Crippen LogP contribution in [0.5, 0.6) is 0 Å². The molecule has 2 heteroatoms. The van der Waals surface area contributed by atoms with E-state index in [9.17, 15) is 0 Å². The lowest BCUT2D eigenvalue weighted by molar-refractivity contribution is -0.864. The van der Waals surface area contributed by atoms with Crippen molar-refractivity contribution in [1.29, 1.82) is 0 Å². The minimum atomic E-state index is 0. The molecular weight excluding hydrogens is 302 g/mol. The van der Waals surface area contributed by atoms with Gasteiger partial charge in [-0.1, -0.05) is 90.0 Å². The van der Waals surface area contributed by atoms with E-state index >= 15 is 0 Å². The molecule has 0 radical (unpaired) electrons. The molecule has 0 aromatic heterocycles. The summed E-state index contributed by atoms with van der Waals surface area (Å²) in [4.78, 5) is 0. The van der Waals surface area contributed by atoms with Crippen molar-refractivity contribution in [2.75, 3.05) is 27.7 Å². The Balaban J connectivity index is 0. The van der Waals surface area contributed by atoms with Crippen molar-refractivity contribution in [2.45, 2.75) is 96.8 Å². The van der Waals surface area contributed by atoms with Gasteiger partial charge in [0.25, 0.3) is 0 Å². The molecule has 0 rings (SSSR count). The fourth-order valence-corrected chi connectivity index (χ4v) is 2.79. The molecule has 0 saturated heterocycles. The highest BCUT2D eigenvalue weighted by Crippen LogP contribution is 2.13. The van der Waals surface area contributed by atoms with E-state index in [-0.39, 0.29) is 12.4 Å². The molecule has 0 heterocycles. The quantitative estimate of drug-likeness (QED) is 0.227. The monoisotopic (exact) mass is 345 g/mol. The maximum absolute atomic E-state index is 2.38. The Morgan fingerprint density at radius 3 is 1.35 bits per heavy atom. The van der Waals surface area contributed by atoms with Gasteiger partial charge in [-0.05, 0) is 18.9 Å². The van der Waals surface area contributed by atoms with Gasteiger partial charge in [-0.2, -0.15) is 0 Å². The molecule has 0 N–H and O–H groups in total. The summed E-state index contributed by atoms with van der Waals surface area (Å²) in [5, 5.41) is 0. The molecule has 140 valence electrons. The fraction of sp³-hybridized carbons (Fsp3) is 0.905. The second-order valence-corrected chi connectivity index (χ2v) is 7.98. The lowest BCUT2D eigenvalue weighted by Crippen LogP contribution is -3.00. The Labute approximate surface area is 153 Å². The number of hydrogen-bond donors (Lipinski definition) is 0. The van der Waals surface area contributed by atoms with E-state index in [1.165, 1.54) is 89.9 Å². The molecule has 0 amide bonds. The average Bonchev–Trinajstić information content (AvgIpc) is 2.45. The SMILES string of the molecule is CCCCCCCCCCCCCCC/C=C/C[N+](C)(C)C.[Cl-]. The smallest absolute Gasteiger partial charge is 0.0967 e. The van der Waals surface area contributed by atoms with Crippen LogP contribution in [0.3, 0.4) is 0 Å². The van der Waals surface area contributed by atoms with Crippen LogP contribution in [-0.4, -0.2) is 32.2 Å². The molecule has 0 spiro atoms. The van der Waals surface area contributed by atoms with Crippen molar-refractivity contribution >= 4 is 0 Å². The molecule has 1 nitrogen and oxygen atoms in total. The normalized spacial score (nSPS) is 11.8. The van der Waals surface area contributed by atoms with Gasteiger partial charge in [0.2, 0.25) is 0 Å². The third-order valence-electron chi connectivity index (χ3n) is 4.29. The molecule has 0 aromatic rings. The number of quaternary nitrogens is 1. The van der Waals surface area contributed by atoms with E-state index in [2.05, 4.69) is 40.2 Å². The van der Waals surface area contributed by atoms with Crippen LogP contribution in [0, 0.1) is 0 Å². The average molecular weight is 346 g/mol. The molecule has 0 aliphatic carbocycles. The van der Waals surface area contributed by atoms with E-state index in [4.69, 9.17) is 0 Å². The van der Waals surface area contributed by atoms with Crippen LogP contribution in [0.25, 0.3) is 0 Å². The molecule has 0 fully saturated rings. The van der Waals surface area contributed by atoms with Crippen LogP contribution in [0.1, 0.15) is 96.8 Å². The van der Waals surface area contributed by atoms with Crippen LogP contribution < -0.4 is 12.4 Å². The zero-order chi connectivity index (χ0) is 16.5. The van der Waals surface area contributed by atoms with Crippen molar-refractivity contribution in [1.82, 2.24) is 0 Å². The molecule has 0 aromatic carbocycles. The van der Waals surface area contributed by atoms with Crippen LogP contribution in [-0.2, 0) is 0 Å². The summed E-state index contributed by atoms with van der Waals surface area (Å²) in [7, 11) is 6.74. The van der Waals surface area contributed by atoms with Crippen LogP contribution in [0.4, 0.5) is 0 Å². The van der Waals surface area contributed by atoms with Gasteiger partial charge < -0.3 is 16.9 Å². The first-order valence-electron chi connectivity index (χ1n) is 10.0. The van der Waals surface area contributed by atoms with Gasteiger partial charge in [0.15, 0.2) is 0 Å². The summed E-state index contributed by atoms with van der Waals surface area (Å²) in [6.07, 6.45) is 24.8. The first-order chi connectivity index (χ1) is 10.6. The van der Waals surface area contributed by atoms with E-state index in [0.29, 0.717) is 0 Å². The predicted octanol–water partition coefficient (Wildman–Crippen LogP) is 3.73. The van der Waals surface area contributed by atoms with Crippen LogP contribution in [0.2, 0.25) is 0 Å². The van der Waals surface area contributed by atoms with Crippen molar-refractivity contribution in [3.8, 4) is 0 Å². The van der Waals surface area contributed by atoms with Crippen molar-refractivity contribution in [2.24, 2.45) is 0 Å². The summed E-state index contributed by atoms with van der Waals surface area (Å²) in [5.74, 6) is 0. The Bertz CT molecular complexity index is 243. The molecule has 0 bridgehead atoms. The Kier molecular flexibility index (Phi) is 20.1. The van der Waals surface area contributed by atoms with Gasteiger partial charge in [-0.25, -0.2) is 0 Å². The summed E-state index contributed by atoms with van der Waals surface area (Å²) >= 11 is 0. The Morgan fingerprint density at radius 2 is 0.957 bits per heavy atom. The van der Waals surface area contributed by atoms with E-state index < -0.39 is 0 Å². The second-order valence-electron chi connectivity index (χ2n) is 7.98. The first-order valence-corrected chi connectivity index (χ1v) is 10.0. The van der Waals surface area contributed by atoms with Gasteiger partial charge >= 0.3 is 0 Å². The predicted molar refractivity (Wildman–Crippen MR) is 102 cm³/mol. The lowest BCUT2D eigenvalue weighted by atomic mass is 10.0. The second kappa shape index (κ2) is 18.3. The number of allylic oxidation sites excluding steroid dienone is 1. The van der Waals surface area contributed by atoms with Crippen LogP contribution in [0.15, 0.2) is 12.2 Å². The Hall–Kier alpha value is -0.0100. The summed E-state index contributed by atoms with van der Waals surface area (Å²) < 4.78 is 1.04. The largest absolute Gasteiger partial charge is 1.00 e. The lowest BCUT2D eigenvalue weighted by Gasteiger charge is -2.21. The summed E-state index contributed by atoms with van der Waals surface area (Å²) in [6.45, 7) is 3.44. The zero-order valence-electron chi connectivity index (χ0n) is 16.6. The van der Waals surface area contributed by atoms with Gasteiger partial charge in [0, 0.05) is 0 Å². The third kappa shape index (κ3) is 24.4. The van der Waals surface area contributed by atoms with Crippen LogP contribution >= 0.6 is 0 Å². The first kappa shape index (κ1) is 25.2. The van der Waals surface area contributed by atoms with Gasteiger partial charge in [0.05, 0.1) is 27.7 Å². The van der Waals surface area contributed by atoms with Gasteiger partial charge in [-0.3, -0.25) is 0 Å². The maximum Gasteiger partial charge on any atom is 0.0967 e. The molecule has 0 saturated carbocycles. The molecular formula is C21H44ClN. The minimum Gasteiger partial charge on any atom is -1.00 e. The van der Waals surface area contributed by atoms with Crippen molar-refractivity contribution in [3.05, 3.63) is 12.2 Å². The highest BCUT2D eigenvalue weighted by molar-refractivity contribution is 4.81. The maximum atomic E-state index is 2.38. The molecule has 0 aliphatic rings. The zero-order valence-corrected chi connectivity index (χ0v) is 17.3. The summed E-state index contributed by atoms with van der Waals surface area (Å²) in [6, 6.07) is 0. The topological polar surface area (TPSA) is 0 Å². The standard InChI is InChI=1S/C21H44N.ClH/c1-5-6-7-8-9-10-11-12-13-14-15-16-17-18-19-20-21-22(2,3)4;/h19-20H,5-18,21H2,1-4H3;1H/q+1;/p-1/b20-19+;. The van der Waals surface area contributed by atoms with Crippen molar-refractivity contribution < 1.29 is 16.9 Å².